The molecular weight excluding hydrogens is 240 g/mol. The van der Waals surface area contributed by atoms with Gasteiger partial charge >= 0.3 is 0 Å². The molecule has 0 saturated carbocycles. The summed E-state index contributed by atoms with van der Waals surface area (Å²) in [5.74, 6) is 0.0313. The molecule has 4 nitrogen and oxygen atoms in total. The van der Waals surface area contributed by atoms with Crippen LogP contribution < -0.4 is 5.32 Å². The van der Waals surface area contributed by atoms with Gasteiger partial charge in [-0.1, -0.05) is 12.1 Å². The van der Waals surface area contributed by atoms with Crippen molar-refractivity contribution in [2.24, 2.45) is 0 Å². The van der Waals surface area contributed by atoms with Crippen molar-refractivity contribution in [3.63, 3.8) is 0 Å². The van der Waals surface area contributed by atoms with Gasteiger partial charge in [-0.2, -0.15) is 5.26 Å². The molecule has 0 aromatic heterocycles. The third-order valence-corrected chi connectivity index (χ3v) is 3.30. The minimum atomic E-state index is 0.0313. The Balaban J connectivity index is 1.85. The number of carbonyl (C=O) groups excluding carboxylic acids is 1. The molecule has 1 aliphatic heterocycles. The Bertz CT molecular complexity index is 476. The fourth-order valence-electron chi connectivity index (χ4n) is 2.29. The van der Waals surface area contributed by atoms with Crippen LogP contribution in [-0.2, 0) is 16.0 Å². The molecule has 0 bridgehead atoms. The largest absolute Gasteiger partial charge is 0.378 e. The highest BCUT2D eigenvalue weighted by Gasteiger charge is 2.20. The molecule has 100 valence electrons. The molecule has 0 aliphatic carbocycles. The van der Waals surface area contributed by atoms with Crippen LogP contribution in [0, 0.1) is 11.3 Å². The monoisotopic (exact) mass is 258 g/mol. The summed E-state index contributed by atoms with van der Waals surface area (Å²) >= 11 is 0. The maximum absolute atomic E-state index is 11.9. The molecule has 0 radical (unpaired) electrons. The van der Waals surface area contributed by atoms with Gasteiger partial charge in [0, 0.05) is 12.6 Å². The van der Waals surface area contributed by atoms with Crippen LogP contribution in [0.1, 0.15) is 30.9 Å². The second-order valence-corrected chi connectivity index (χ2v) is 4.96. The number of hydrogen-bond acceptors (Lipinski definition) is 3. The molecule has 1 saturated heterocycles. The molecule has 1 aromatic rings. The number of benzene rings is 1. The highest BCUT2D eigenvalue weighted by atomic mass is 16.5. The van der Waals surface area contributed by atoms with Crippen molar-refractivity contribution in [2.45, 2.75) is 38.3 Å². The third-order valence-electron chi connectivity index (χ3n) is 3.30. The van der Waals surface area contributed by atoms with Gasteiger partial charge in [-0.05, 0) is 37.5 Å². The molecule has 2 unspecified atom stereocenters. The molecule has 1 fully saturated rings. The minimum Gasteiger partial charge on any atom is -0.378 e. The summed E-state index contributed by atoms with van der Waals surface area (Å²) in [7, 11) is 0. The van der Waals surface area contributed by atoms with Gasteiger partial charge in [0.15, 0.2) is 0 Å². The molecule has 2 atom stereocenters. The van der Waals surface area contributed by atoms with Crippen LogP contribution in [-0.4, -0.2) is 24.7 Å². The van der Waals surface area contributed by atoms with Crippen LogP contribution in [0.15, 0.2) is 24.3 Å². The quantitative estimate of drug-likeness (QED) is 0.899. The van der Waals surface area contributed by atoms with Gasteiger partial charge in [-0.15, -0.1) is 0 Å². The smallest absolute Gasteiger partial charge is 0.224 e. The third kappa shape index (κ3) is 4.08. The summed E-state index contributed by atoms with van der Waals surface area (Å²) in [6, 6.07) is 9.40. The number of ether oxygens (including phenoxy) is 1. The lowest BCUT2D eigenvalue weighted by molar-refractivity contribution is -0.122. The molecule has 1 heterocycles. The number of hydrogen-bond donors (Lipinski definition) is 1. The van der Waals surface area contributed by atoms with E-state index in [4.69, 9.17) is 10.00 Å². The Morgan fingerprint density at radius 3 is 2.84 bits per heavy atom. The van der Waals surface area contributed by atoms with Gasteiger partial charge in [-0.25, -0.2) is 0 Å². The first-order valence-electron chi connectivity index (χ1n) is 6.57. The Morgan fingerprint density at radius 1 is 1.47 bits per heavy atom. The molecule has 1 N–H and O–H groups in total. The summed E-state index contributed by atoms with van der Waals surface area (Å²) in [6.07, 6.45) is 2.33. The summed E-state index contributed by atoms with van der Waals surface area (Å²) in [4.78, 5) is 11.9. The van der Waals surface area contributed by atoms with E-state index in [1.54, 1.807) is 12.1 Å². The highest BCUT2D eigenvalue weighted by molar-refractivity contribution is 5.78. The number of nitriles is 1. The van der Waals surface area contributed by atoms with E-state index in [2.05, 4.69) is 11.4 Å². The van der Waals surface area contributed by atoms with Gasteiger partial charge < -0.3 is 10.1 Å². The van der Waals surface area contributed by atoms with E-state index in [0.29, 0.717) is 18.6 Å². The maximum Gasteiger partial charge on any atom is 0.224 e. The van der Waals surface area contributed by atoms with Crippen molar-refractivity contribution in [3.8, 4) is 6.07 Å². The Morgan fingerprint density at radius 2 is 2.21 bits per heavy atom. The van der Waals surface area contributed by atoms with Crippen LogP contribution in [0.25, 0.3) is 0 Å². The maximum atomic E-state index is 11.9. The Kier molecular flexibility index (Phi) is 4.53. The first kappa shape index (κ1) is 13.6. The number of rotatable bonds is 3. The zero-order valence-corrected chi connectivity index (χ0v) is 11.1. The van der Waals surface area contributed by atoms with Crippen LogP contribution >= 0.6 is 0 Å². The standard InChI is InChI=1S/C15H18N2O2/c1-11-8-14(6-7-19-11)17-15(18)9-12-2-4-13(10-16)5-3-12/h2-5,11,14H,6-9H2,1H3,(H,17,18). The molecule has 2 rings (SSSR count). The van der Waals surface area contributed by atoms with E-state index < -0.39 is 0 Å². The fourth-order valence-corrected chi connectivity index (χ4v) is 2.29. The van der Waals surface area contributed by atoms with Gasteiger partial charge in [0.1, 0.15) is 0 Å². The average Bonchev–Trinajstić information content (AvgIpc) is 2.39. The minimum absolute atomic E-state index is 0.0313. The fraction of sp³-hybridized carbons (Fsp3) is 0.467. The van der Waals surface area contributed by atoms with Crippen molar-refractivity contribution in [1.29, 1.82) is 5.26 Å². The van der Waals surface area contributed by atoms with Crippen molar-refractivity contribution in [2.75, 3.05) is 6.61 Å². The van der Waals surface area contributed by atoms with E-state index in [1.165, 1.54) is 0 Å². The van der Waals surface area contributed by atoms with Crippen molar-refractivity contribution in [3.05, 3.63) is 35.4 Å². The van der Waals surface area contributed by atoms with Crippen LogP contribution in [0.2, 0.25) is 0 Å². The van der Waals surface area contributed by atoms with Crippen LogP contribution in [0.3, 0.4) is 0 Å². The lowest BCUT2D eigenvalue weighted by atomic mass is 10.0. The molecule has 1 amide bonds. The highest BCUT2D eigenvalue weighted by Crippen LogP contribution is 2.13. The van der Waals surface area contributed by atoms with Gasteiger partial charge in [0.05, 0.1) is 24.2 Å². The second-order valence-electron chi connectivity index (χ2n) is 4.96. The molecule has 19 heavy (non-hydrogen) atoms. The molecular formula is C15H18N2O2. The Hall–Kier alpha value is -1.86. The van der Waals surface area contributed by atoms with E-state index in [-0.39, 0.29) is 18.1 Å². The van der Waals surface area contributed by atoms with Crippen LogP contribution in [0.4, 0.5) is 0 Å². The Labute approximate surface area is 113 Å². The summed E-state index contributed by atoms with van der Waals surface area (Å²) < 4.78 is 5.45. The van der Waals surface area contributed by atoms with Gasteiger partial charge in [-0.3, -0.25) is 4.79 Å². The average molecular weight is 258 g/mol. The van der Waals surface area contributed by atoms with Gasteiger partial charge in [0.2, 0.25) is 5.91 Å². The molecule has 4 heteroatoms. The first-order chi connectivity index (χ1) is 9.17. The second kappa shape index (κ2) is 6.35. The van der Waals surface area contributed by atoms with E-state index in [0.717, 1.165) is 18.4 Å². The number of amides is 1. The lowest BCUT2D eigenvalue weighted by Gasteiger charge is -2.27. The lowest BCUT2D eigenvalue weighted by Crippen LogP contribution is -2.41. The number of carbonyl (C=O) groups is 1. The zero-order chi connectivity index (χ0) is 13.7. The predicted molar refractivity (Wildman–Crippen MR) is 71.4 cm³/mol. The van der Waals surface area contributed by atoms with E-state index in [1.807, 2.05) is 19.1 Å². The normalized spacial score (nSPS) is 22.5. The number of nitrogens with one attached hydrogen (secondary N) is 1. The van der Waals surface area contributed by atoms with Gasteiger partial charge in [0.25, 0.3) is 0 Å². The zero-order valence-electron chi connectivity index (χ0n) is 11.1. The molecule has 1 aliphatic rings. The van der Waals surface area contributed by atoms with Crippen molar-refractivity contribution >= 4 is 5.91 Å². The predicted octanol–water partition coefficient (Wildman–Crippen LogP) is 1.78. The SMILES string of the molecule is CC1CC(NC(=O)Cc2ccc(C#N)cc2)CCO1. The van der Waals surface area contributed by atoms with Crippen molar-refractivity contribution < 1.29 is 9.53 Å². The topological polar surface area (TPSA) is 62.1 Å². The first-order valence-corrected chi connectivity index (χ1v) is 6.57. The molecule has 1 aromatic carbocycles. The number of nitrogens with zero attached hydrogens (tertiary/aromatic N) is 1. The summed E-state index contributed by atoms with van der Waals surface area (Å²) in [5, 5.41) is 11.8. The summed E-state index contributed by atoms with van der Waals surface area (Å²) in [6.45, 7) is 2.74. The van der Waals surface area contributed by atoms with Crippen LogP contribution in [0.5, 0.6) is 0 Å². The van der Waals surface area contributed by atoms with E-state index >= 15 is 0 Å². The van der Waals surface area contributed by atoms with Crippen molar-refractivity contribution in [1.82, 2.24) is 5.32 Å². The summed E-state index contributed by atoms with van der Waals surface area (Å²) in [5.41, 5.74) is 1.54. The van der Waals surface area contributed by atoms with E-state index in [9.17, 15) is 4.79 Å². The molecule has 0 spiro atoms.